The van der Waals surface area contributed by atoms with Gasteiger partial charge in [0.25, 0.3) is 5.91 Å². The van der Waals surface area contributed by atoms with Gasteiger partial charge in [0.15, 0.2) is 11.4 Å². The van der Waals surface area contributed by atoms with Crippen molar-refractivity contribution in [3.63, 3.8) is 0 Å². The summed E-state index contributed by atoms with van der Waals surface area (Å²) in [5, 5.41) is 48.4. The zero-order valence-corrected chi connectivity index (χ0v) is 23.0. The molecule has 41 heavy (non-hydrogen) atoms. The number of methoxy groups -OCH3 is 1. The molecule has 0 aromatic heterocycles. The molecule has 1 saturated carbocycles. The van der Waals surface area contributed by atoms with Crippen molar-refractivity contribution in [2.75, 3.05) is 26.1 Å². The number of phenolic OH excluding ortho intramolecular Hbond substituents is 1. The number of aliphatic hydroxyl groups is 3. The van der Waals surface area contributed by atoms with Crippen LogP contribution in [0.15, 0.2) is 47.2 Å². The zero-order valence-electron chi connectivity index (χ0n) is 23.0. The highest BCUT2D eigenvalue weighted by Gasteiger charge is 2.60. The fourth-order valence-electron chi connectivity index (χ4n) is 6.44. The smallest absolute Gasteiger partial charge is 0.255 e. The number of ketones is 2. The number of rotatable bonds is 7. The zero-order chi connectivity index (χ0) is 29.8. The molecule has 0 heterocycles. The van der Waals surface area contributed by atoms with Crippen molar-refractivity contribution in [2.45, 2.75) is 38.0 Å². The number of amides is 1. The fraction of sp³-hybridized carbons (Fsp3) is 0.367. The Morgan fingerprint density at radius 3 is 2.46 bits per heavy atom. The van der Waals surface area contributed by atoms with Gasteiger partial charge in [0.1, 0.15) is 28.6 Å². The Hall–Kier alpha value is -4.35. The largest absolute Gasteiger partial charge is 0.508 e. The Morgan fingerprint density at radius 1 is 1.12 bits per heavy atom. The Labute approximate surface area is 236 Å². The van der Waals surface area contributed by atoms with Gasteiger partial charge in [-0.2, -0.15) is 0 Å². The highest BCUT2D eigenvalue weighted by atomic mass is 16.5. The van der Waals surface area contributed by atoms with Gasteiger partial charge in [0, 0.05) is 61.9 Å². The number of primary amides is 1. The Balaban J connectivity index is 1.57. The SMILES string of the molecule is COc1ccccc1CNCc1cc(N(C)C)c2c(c1O)C(O)=C1C(=O)[C@]3(O)C(O)=C(C(N)=O)C(=O)C[C@@H]3C[C@@H]1C2. The third-order valence-corrected chi connectivity index (χ3v) is 8.42. The van der Waals surface area contributed by atoms with Gasteiger partial charge in [-0.1, -0.05) is 18.2 Å². The second-order valence-corrected chi connectivity index (χ2v) is 11.0. The number of ether oxygens (including phenoxy) is 1. The molecule has 2 aromatic rings. The van der Waals surface area contributed by atoms with Gasteiger partial charge in [-0.05, 0) is 36.5 Å². The molecule has 3 atom stereocenters. The predicted molar refractivity (Wildman–Crippen MR) is 149 cm³/mol. The number of Topliss-reactive ketones (excluding diaryl/α,β-unsaturated/α-hetero) is 2. The monoisotopic (exact) mass is 563 g/mol. The van der Waals surface area contributed by atoms with E-state index in [1.54, 1.807) is 7.11 Å². The number of para-hydroxylation sites is 1. The number of carbonyl (C=O) groups is 3. The molecular weight excluding hydrogens is 530 g/mol. The molecule has 1 amide bonds. The first-order valence-corrected chi connectivity index (χ1v) is 13.3. The number of aliphatic hydroxyl groups excluding tert-OH is 2. The first-order chi connectivity index (χ1) is 19.4. The van der Waals surface area contributed by atoms with Crippen LogP contribution in [0.1, 0.15) is 35.1 Å². The average molecular weight is 564 g/mol. The number of nitrogens with zero attached hydrogens (tertiary/aromatic N) is 1. The highest BCUT2D eigenvalue weighted by molar-refractivity contribution is 6.22. The third-order valence-electron chi connectivity index (χ3n) is 8.42. The lowest BCUT2D eigenvalue weighted by Crippen LogP contribution is -2.58. The number of aromatic hydroxyl groups is 1. The lowest BCUT2D eigenvalue weighted by molar-refractivity contribution is -0.147. The van der Waals surface area contributed by atoms with E-state index in [0.717, 1.165) is 11.3 Å². The number of fused-ring (bicyclic) bond motifs is 3. The highest BCUT2D eigenvalue weighted by Crippen LogP contribution is 2.53. The van der Waals surface area contributed by atoms with Gasteiger partial charge in [-0.3, -0.25) is 14.4 Å². The number of benzene rings is 2. The molecule has 0 bridgehead atoms. The van der Waals surface area contributed by atoms with Crippen molar-refractivity contribution in [1.82, 2.24) is 5.32 Å². The average Bonchev–Trinajstić information content (AvgIpc) is 2.91. The topological polar surface area (TPSA) is 183 Å². The second kappa shape index (κ2) is 10.2. The van der Waals surface area contributed by atoms with Gasteiger partial charge < -0.3 is 41.1 Å². The minimum absolute atomic E-state index is 0.0671. The van der Waals surface area contributed by atoms with Crippen LogP contribution in [0.3, 0.4) is 0 Å². The van der Waals surface area contributed by atoms with Gasteiger partial charge in [-0.25, -0.2) is 0 Å². The summed E-state index contributed by atoms with van der Waals surface area (Å²) >= 11 is 0. The lowest BCUT2D eigenvalue weighted by atomic mass is 9.59. The van der Waals surface area contributed by atoms with Gasteiger partial charge in [0.05, 0.1) is 12.7 Å². The minimum Gasteiger partial charge on any atom is -0.508 e. The van der Waals surface area contributed by atoms with Crippen LogP contribution in [0, 0.1) is 11.8 Å². The van der Waals surface area contributed by atoms with Crippen molar-refractivity contribution in [3.05, 3.63) is 69.5 Å². The Bertz CT molecular complexity index is 1540. The summed E-state index contributed by atoms with van der Waals surface area (Å²) in [5.74, 6) is -5.73. The molecule has 7 N–H and O–H groups in total. The quantitative estimate of drug-likeness (QED) is 0.272. The van der Waals surface area contributed by atoms with Crippen molar-refractivity contribution in [3.8, 4) is 11.5 Å². The summed E-state index contributed by atoms with van der Waals surface area (Å²) < 4.78 is 5.40. The fourth-order valence-corrected chi connectivity index (χ4v) is 6.44. The van der Waals surface area contributed by atoms with E-state index in [1.807, 2.05) is 49.3 Å². The number of anilines is 1. The van der Waals surface area contributed by atoms with Crippen molar-refractivity contribution < 1.29 is 39.5 Å². The van der Waals surface area contributed by atoms with Crippen LogP contribution in [-0.4, -0.2) is 64.7 Å². The van der Waals surface area contributed by atoms with Crippen LogP contribution < -0.4 is 20.7 Å². The molecule has 0 radical (unpaired) electrons. The number of phenols is 1. The normalized spacial score (nSPS) is 23.6. The van der Waals surface area contributed by atoms with Crippen molar-refractivity contribution in [2.24, 2.45) is 17.6 Å². The molecule has 3 aliphatic carbocycles. The first-order valence-electron chi connectivity index (χ1n) is 13.3. The number of nitrogens with two attached hydrogens (primary N) is 1. The van der Waals surface area contributed by atoms with Gasteiger partial charge >= 0.3 is 0 Å². The minimum atomic E-state index is -2.59. The van der Waals surface area contributed by atoms with Crippen LogP contribution in [0.5, 0.6) is 11.5 Å². The first kappa shape index (κ1) is 28.2. The number of hydrogen-bond acceptors (Lipinski definition) is 10. The summed E-state index contributed by atoms with van der Waals surface area (Å²) in [5.41, 5.74) is 4.48. The van der Waals surface area contributed by atoms with E-state index in [1.165, 1.54) is 0 Å². The number of carbonyl (C=O) groups excluding carboxylic acids is 3. The lowest BCUT2D eigenvalue weighted by Gasteiger charge is -2.46. The van der Waals surface area contributed by atoms with Gasteiger partial charge in [-0.15, -0.1) is 0 Å². The van der Waals surface area contributed by atoms with E-state index in [9.17, 15) is 34.8 Å². The maximum atomic E-state index is 13.8. The van der Waals surface area contributed by atoms with E-state index in [4.69, 9.17) is 10.5 Å². The Kier molecular flexibility index (Phi) is 7.04. The van der Waals surface area contributed by atoms with Gasteiger partial charge in [0.2, 0.25) is 5.78 Å². The third kappa shape index (κ3) is 4.32. The molecule has 2 aromatic carbocycles. The van der Waals surface area contributed by atoms with Crippen LogP contribution in [0.25, 0.3) is 5.76 Å². The molecule has 11 nitrogen and oxygen atoms in total. The van der Waals surface area contributed by atoms with Crippen LogP contribution >= 0.6 is 0 Å². The van der Waals surface area contributed by atoms with Crippen LogP contribution in [0.4, 0.5) is 5.69 Å². The second-order valence-electron chi connectivity index (χ2n) is 11.0. The molecule has 1 fully saturated rings. The van der Waals surface area contributed by atoms with E-state index in [2.05, 4.69) is 5.32 Å². The van der Waals surface area contributed by atoms with Crippen molar-refractivity contribution >= 4 is 28.9 Å². The van der Waals surface area contributed by atoms with Crippen LogP contribution in [0.2, 0.25) is 0 Å². The maximum Gasteiger partial charge on any atom is 0.255 e. The summed E-state index contributed by atoms with van der Waals surface area (Å²) in [6.07, 6.45) is -0.0340. The molecule has 0 saturated heterocycles. The summed E-state index contributed by atoms with van der Waals surface area (Å²) in [4.78, 5) is 40.0. The molecule has 216 valence electrons. The maximum absolute atomic E-state index is 13.8. The van der Waals surface area contributed by atoms with Crippen LogP contribution in [-0.2, 0) is 33.9 Å². The summed E-state index contributed by atoms with van der Waals surface area (Å²) in [7, 11) is 5.24. The molecule has 0 aliphatic heterocycles. The predicted octanol–water partition coefficient (Wildman–Crippen LogP) is 1.79. The van der Waals surface area contributed by atoms with Crippen molar-refractivity contribution in [1.29, 1.82) is 0 Å². The molecule has 3 aliphatic rings. The summed E-state index contributed by atoms with van der Waals surface area (Å²) in [6.45, 7) is 0.657. The Morgan fingerprint density at radius 2 is 1.80 bits per heavy atom. The molecule has 0 spiro atoms. The number of nitrogens with one attached hydrogen (secondary N) is 1. The molecule has 0 unspecified atom stereocenters. The van der Waals surface area contributed by atoms with E-state index < -0.39 is 52.0 Å². The molecule has 11 heteroatoms. The summed E-state index contributed by atoms with van der Waals surface area (Å²) in [6, 6.07) is 9.34. The molecular formula is C30H33N3O8. The standard InChI is InChI=1S/C30H33N3O8/c1-33(2)19-10-16(13-32-12-14-6-4-5-7-21(14)41-3)25(35)23-18(19)9-15-8-17-11-20(34)24(29(31)39)28(38)30(17,40)27(37)22(15)26(23)36/h4-7,10,15,17,32,35-36,38,40H,8-9,11-13H2,1-3H3,(H2,31,39)/t15-,17+,30+/m1/s1. The van der Waals surface area contributed by atoms with E-state index >= 15 is 0 Å². The van der Waals surface area contributed by atoms with E-state index in [-0.39, 0.29) is 42.7 Å². The van der Waals surface area contributed by atoms with E-state index in [0.29, 0.717) is 23.4 Å². The molecule has 5 rings (SSSR count). The number of hydrogen-bond donors (Lipinski definition) is 6.